The van der Waals surface area contributed by atoms with Gasteiger partial charge in [0, 0.05) is 13.0 Å². The van der Waals surface area contributed by atoms with Crippen LogP contribution < -0.4 is 15.8 Å². The summed E-state index contributed by atoms with van der Waals surface area (Å²) < 4.78 is 5.66. The highest BCUT2D eigenvalue weighted by Gasteiger charge is 2.12. The molecule has 1 aromatic rings. The second kappa shape index (κ2) is 7.61. The van der Waals surface area contributed by atoms with Crippen LogP contribution in [0.3, 0.4) is 0 Å². The van der Waals surface area contributed by atoms with Gasteiger partial charge in [-0.25, -0.2) is 4.98 Å². The Morgan fingerprint density at radius 1 is 1.42 bits per heavy atom. The number of hydrogen-bond acceptors (Lipinski definition) is 5. The monoisotopic (exact) mass is 264 g/mol. The molecular formula is C14H24N4O. The number of aromatic nitrogens is 2. The molecule has 0 saturated heterocycles. The summed E-state index contributed by atoms with van der Waals surface area (Å²) in [6, 6.07) is 0. The zero-order valence-electron chi connectivity index (χ0n) is 12.1. The number of hydrogen-bond donors (Lipinski definition) is 2. The lowest BCUT2D eigenvalue weighted by atomic mass is 10.2. The van der Waals surface area contributed by atoms with Crippen molar-refractivity contribution in [3.63, 3.8) is 0 Å². The SMILES string of the molecule is C=CCNc1nc(CCC)nc(OCC(C)C)c1N. The van der Waals surface area contributed by atoms with Gasteiger partial charge < -0.3 is 15.8 Å². The summed E-state index contributed by atoms with van der Waals surface area (Å²) in [5.41, 5.74) is 6.49. The van der Waals surface area contributed by atoms with Gasteiger partial charge in [-0.15, -0.1) is 6.58 Å². The molecule has 5 nitrogen and oxygen atoms in total. The third kappa shape index (κ3) is 4.77. The van der Waals surface area contributed by atoms with Crippen LogP contribution in [0.25, 0.3) is 0 Å². The number of nitrogens with one attached hydrogen (secondary N) is 1. The maximum atomic E-state index is 6.03. The molecule has 0 saturated carbocycles. The number of nitrogens with two attached hydrogens (primary N) is 1. The minimum atomic E-state index is 0.425. The molecule has 1 aromatic heterocycles. The molecule has 0 aliphatic rings. The first-order chi connectivity index (χ1) is 9.08. The number of rotatable bonds is 8. The highest BCUT2D eigenvalue weighted by atomic mass is 16.5. The van der Waals surface area contributed by atoms with Gasteiger partial charge >= 0.3 is 0 Å². The molecular weight excluding hydrogens is 240 g/mol. The third-order valence-electron chi connectivity index (χ3n) is 2.40. The van der Waals surface area contributed by atoms with Crippen molar-refractivity contribution in [3.8, 4) is 5.88 Å². The van der Waals surface area contributed by atoms with E-state index in [1.165, 1.54) is 0 Å². The Kier molecular flexibility index (Phi) is 6.12. The lowest BCUT2D eigenvalue weighted by Gasteiger charge is -2.14. The molecule has 0 radical (unpaired) electrons. The first-order valence-electron chi connectivity index (χ1n) is 6.72. The molecule has 0 atom stereocenters. The van der Waals surface area contributed by atoms with Gasteiger partial charge in [0.1, 0.15) is 11.5 Å². The molecule has 1 heterocycles. The predicted molar refractivity (Wildman–Crippen MR) is 79.5 cm³/mol. The molecule has 19 heavy (non-hydrogen) atoms. The van der Waals surface area contributed by atoms with Gasteiger partial charge in [0.2, 0.25) is 5.88 Å². The zero-order valence-corrected chi connectivity index (χ0v) is 12.1. The van der Waals surface area contributed by atoms with E-state index in [1.54, 1.807) is 6.08 Å². The fourth-order valence-corrected chi connectivity index (χ4v) is 1.49. The van der Waals surface area contributed by atoms with Crippen LogP contribution >= 0.6 is 0 Å². The van der Waals surface area contributed by atoms with Crippen molar-refractivity contribution in [1.29, 1.82) is 0 Å². The quantitative estimate of drug-likeness (QED) is 0.706. The van der Waals surface area contributed by atoms with Crippen molar-refractivity contribution in [2.24, 2.45) is 5.92 Å². The minimum absolute atomic E-state index is 0.425. The lowest BCUT2D eigenvalue weighted by Crippen LogP contribution is -2.13. The normalized spacial score (nSPS) is 10.5. The van der Waals surface area contributed by atoms with Crippen molar-refractivity contribution in [2.75, 3.05) is 24.2 Å². The van der Waals surface area contributed by atoms with Crippen LogP contribution in [0.2, 0.25) is 0 Å². The Bertz CT molecular complexity index is 418. The van der Waals surface area contributed by atoms with Crippen LogP contribution in [-0.4, -0.2) is 23.1 Å². The molecule has 3 N–H and O–H groups in total. The smallest absolute Gasteiger partial charge is 0.242 e. The maximum absolute atomic E-state index is 6.03. The Balaban J connectivity index is 2.97. The average Bonchev–Trinajstić information content (AvgIpc) is 2.37. The minimum Gasteiger partial charge on any atom is -0.476 e. The molecule has 0 aromatic carbocycles. The van der Waals surface area contributed by atoms with E-state index >= 15 is 0 Å². The van der Waals surface area contributed by atoms with Gasteiger partial charge in [0.15, 0.2) is 5.82 Å². The van der Waals surface area contributed by atoms with E-state index < -0.39 is 0 Å². The number of nitrogens with zero attached hydrogens (tertiary/aromatic N) is 2. The molecule has 106 valence electrons. The topological polar surface area (TPSA) is 73.1 Å². The van der Waals surface area contributed by atoms with Crippen LogP contribution in [-0.2, 0) is 6.42 Å². The van der Waals surface area contributed by atoms with Crippen molar-refractivity contribution in [1.82, 2.24) is 9.97 Å². The molecule has 0 unspecified atom stereocenters. The van der Waals surface area contributed by atoms with Gasteiger partial charge in [-0.05, 0) is 12.3 Å². The van der Waals surface area contributed by atoms with Crippen LogP contribution in [0.5, 0.6) is 5.88 Å². The molecule has 0 aliphatic heterocycles. The standard InChI is InChI=1S/C14H24N4O/c1-5-7-11-17-13(16-8-6-2)12(15)14(18-11)19-9-10(3)4/h6,10H,2,5,7-9,15H2,1,3-4H3,(H,16,17,18). The summed E-state index contributed by atoms with van der Waals surface area (Å²) in [4.78, 5) is 8.79. The van der Waals surface area contributed by atoms with E-state index in [-0.39, 0.29) is 0 Å². The number of nitrogen functional groups attached to an aromatic ring is 1. The fourth-order valence-electron chi connectivity index (χ4n) is 1.49. The summed E-state index contributed by atoms with van der Waals surface area (Å²) in [5.74, 6) is 2.27. The van der Waals surface area contributed by atoms with E-state index in [0.29, 0.717) is 36.5 Å². The van der Waals surface area contributed by atoms with Gasteiger partial charge in [0.05, 0.1) is 6.61 Å². The second-order valence-corrected chi connectivity index (χ2v) is 4.83. The van der Waals surface area contributed by atoms with Gasteiger partial charge in [-0.2, -0.15) is 4.98 Å². The summed E-state index contributed by atoms with van der Waals surface area (Å²) in [7, 11) is 0. The zero-order chi connectivity index (χ0) is 14.3. The second-order valence-electron chi connectivity index (χ2n) is 4.83. The van der Waals surface area contributed by atoms with E-state index in [9.17, 15) is 0 Å². The van der Waals surface area contributed by atoms with E-state index in [0.717, 1.165) is 18.7 Å². The summed E-state index contributed by atoms with van der Waals surface area (Å²) in [5, 5.41) is 3.12. The summed E-state index contributed by atoms with van der Waals surface area (Å²) in [6.45, 7) is 11.1. The van der Waals surface area contributed by atoms with Crippen LogP contribution in [0, 0.1) is 5.92 Å². The third-order valence-corrected chi connectivity index (χ3v) is 2.40. The predicted octanol–water partition coefficient (Wildman–Crippen LogP) is 2.64. The highest BCUT2D eigenvalue weighted by molar-refractivity contribution is 5.67. The van der Waals surface area contributed by atoms with E-state index in [2.05, 4.69) is 42.6 Å². The average molecular weight is 264 g/mol. The van der Waals surface area contributed by atoms with E-state index in [4.69, 9.17) is 10.5 Å². The number of ether oxygens (including phenoxy) is 1. The molecule has 0 bridgehead atoms. The molecule has 0 fully saturated rings. The van der Waals surface area contributed by atoms with Gasteiger partial charge in [0.25, 0.3) is 0 Å². The Hall–Kier alpha value is -1.78. The van der Waals surface area contributed by atoms with Gasteiger partial charge in [-0.1, -0.05) is 26.8 Å². The summed E-state index contributed by atoms with van der Waals surface area (Å²) >= 11 is 0. The van der Waals surface area contributed by atoms with Crippen LogP contribution in [0.1, 0.15) is 33.0 Å². The fraction of sp³-hybridized carbons (Fsp3) is 0.571. The number of aryl methyl sites for hydroxylation is 1. The highest BCUT2D eigenvalue weighted by Crippen LogP contribution is 2.26. The Labute approximate surface area is 115 Å². The molecule has 1 rings (SSSR count). The molecule has 0 amide bonds. The molecule has 0 spiro atoms. The number of anilines is 2. The van der Waals surface area contributed by atoms with Gasteiger partial charge in [-0.3, -0.25) is 0 Å². The Morgan fingerprint density at radius 2 is 2.16 bits per heavy atom. The first kappa shape index (κ1) is 15.3. The summed E-state index contributed by atoms with van der Waals surface area (Å²) in [6.07, 6.45) is 3.55. The van der Waals surface area contributed by atoms with Crippen molar-refractivity contribution >= 4 is 11.5 Å². The molecule has 5 heteroatoms. The lowest BCUT2D eigenvalue weighted by molar-refractivity contribution is 0.262. The maximum Gasteiger partial charge on any atom is 0.242 e. The largest absolute Gasteiger partial charge is 0.476 e. The molecule has 0 aliphatic carbocycles. The van der Waals surface area contributed by atoms with Crippen molar-refractivity contribution in [3.05, 3.63) is 18.5 Å². The first-order valence-corrected chi connectivity index (χ1v) is 6.72. The van der Waals surface area contributed by atoms with Crippen molar-refractivity contribution in [2.45, 2.75) is 33.6 Å². The van der Waals surface area contributed by atoms with Crippen LogP contribution in [0.4, 0.5) is 11.5 Å². The van der Waals surface area contributed by atoms with Crippen molar-refractivity contribution < 1.29 is 4.74 Å². The Morgan fingerprint density at radius 3 is 2.74 bits per heavy atom. The van der Waals surface area contributed by atoms with Crippen LogP contribution in [0.15, 0.2) is 12.7 Å². The van der Waals surface area contributed by atoms with E-state index in [1.807, 2.05) is 0 Å².